The molecule has 10 nitrogen and oxygen atoms in total. The highest BCUT2D eigenvalue weighted by molar-refractivity contribution is 5.97. The number of rotatable bonds is 5. The molecule has 0 unspecified atom stereocenters. The number of ether oxygens (including phenoxy) is 1. The monoisotopic (exact) mass is 683 g/mol. The maximum atomic E-state index is 14.4. The van der Waals surface area contributed by atoms with Crippen LogP contribution in [0.4, 0.5) is 0 Å². The maximum Gasteiger partial charge on any atom is 0.330 e. The van der Waals surface area contributed by atoms with Gasteiger partial charge in [0.25, 0.3) is 5.91 Å². The zero-order valence-corrected chi connectivity index (χ0v) is 29.5. The van der Waals surface area contributed by atoms with Crippen LogP contribution in [0.2, 0.25) is 0 Å². The van der Waals surface area contributed by atoms with Crippen molar-refractivity contribution >= 4 is 29.7 Å². The Kier molecular flexibility index (Phi) is 9.93. The SMILES string of the molecule is Cc1ccc(-c2cccc(C(=O)N3C[C@H]4CN5C(=O)[C@H](CC(=O)OC(C)(C)C)CCCCC/C=C\[C@@H]6C[C@@]6(C(=O)O)NC(=O)[C@@H]5[C@H]4C3)c2)cc1. The molecule has 0 bridgehead atoms. The van der Waals surface area contributed by atoms with E-state index in [4.69, 9.17) is 4.74 Å². The summed E-state index contributed by atoms with van der Waals surface area (Å²) in [6, 6.07) is 14.6. The summed E-state index contributed by atoms with van der Waals surface area (Å²) >= 11 is 0. The number of esters is 1. The number of amides is 3. The van der Waals surface area contributed by atoms with Crippen molar-refractivity contribution in [1.82, 2.24) is 15.1 Å². The van der Waals surface area contributed by atoms with E-state index in [-0.39, 0.29) is 55.5 Å². The number of allylic oxidation sites excluding steroid dienone is 1. The van der Waals surface area contributed by atoms with Crippen molar-refractivity contribution in [1.29, 1.82) is 0 Å². The largest absolute Gasteiger partial charge is 0.479 e. The van der Waals surface area contributed by atoms with Crippen molar-refractivity contribution < 1.29 is 33.8 Å². The number of hydrogen-bond acceptors (Lipinski definition) is 6. The van der Waals surface area contributed by atoms with Crippen LogP contribution in [0.5, 0.6) is 0 Å². The molecule has 1 aliphatic carbocycles. The van der Waals surface area contributed by atoms with Gasteiger partial charge in [0, 0.05) is 48.9 Å². The van der Waals surface area contributed by atoms with Crippen molar-refractivity contribution in [2.75, 3.05) is 19.6 Å². The van der Waals surface area contributed by atoms with E-state index in [2.05, 4.69) is 5.32 Å². The highest BCUT2D eigenvalue weighted by atomic mass is 16.6. The molecule has 3 fully saturated rings. The number of carbonyl (C=O) groups is 5. The average molecular weight is 684 g/mol. The van der Waals surface area contributed by atoms with Crippen LogP contribution in [0.25, 0.3) is 11.1 Å². The average Bonchev–Trinajstić information content (AvgIpc) is 3.41. The highest BCUT2D eigenvalue weighted by Gasteiger charge is 2.62. The fourth-order valence-electron chi connectivity index (χ4n) is 8.01. The van der Waals surface area contributed by atoms with E-state index in [0.29, 0.717) is 18.5 Å². The Labute approximate surface area is 294 Å². The van der Waals surface area contributed by atoms with Gasteiger partial charge in [0.15, 0.2) is 0 Å². The number of nitrogens with zero attached hydrogens (tertiary/aromatic N) is 2. The van der Waals surface area contributed by atoms with Crippen molar-refractivity contribution in [3.63, 3.8) is 0 Å². The molecule has 266 valence electrons. The van der Waals surface area contributed by atoms with E-state index >= 15 is 0 Å². The summed E-state index contributed by atoms with van der Waals surface area (Å²) in [7, 11) is 0. The van der Waals surface area contributed by atoms with Crippen LogP contribution in [-0.2, 0) is 23.9 Å². The number of hydrogen-bond donors (Lipinski definition) is 2. The lowest BCUT2D eigenvalue weighted by molar-refractivity contribution is -0.159. The standard InChI is InChI=1S/C40H49N3O7/c1-25-15-17-26(18-16-25)27-12-10-13-28(19-27)36(46)42-22-30-23-43-34(32(30)24-42)35(45)41-40(38(48)49)21-31(40)14-9-7-5-6-8-11-29(37(43)47)20-33(44)50-39(2,3)4/h9-10,12-19,29-32,34H,5-8,11,20-24H2,1-4H3,(H,41,45)(H,48,49)/b14-9-/t29-,30-,31+,32-,34-,40+/m0/s1. The molecule has 3 heterocycles. The van der Waals surface area contributed by atoms with Crippen molar-refractivity contribution in [3.8, 4) is 11.1 Å². The lowest BCUT2D eigenvalue weighted by atomic mass is 9.92. The summed E-state index contributed by atoms with van der Waals surface area (Å²) in [4.78, 5) is 71.5. The molecule has 0 aromatic heterocycles. The van der Waals surface area contributed by atoms with Gasteiger partial charge in [-0.25, -0.2) is 4.79 Å². The van der Waals surface area contributed by atoms with Gasteiger partial charge in [-0.2, -0.15) is 0 Å². The molecule has 1 saturated carbocycles. The number of nitrogens with one attached hydrogen (secondary N) is 1. The number of benzene rings is 2. The van der Waals surface area contributed by atoms with Gasteiger partial charge < -0.3 is 25.0 Å². The number of carboxylic acids is 1. The first-order valence-electron chi connectivity index (χ1n) is 18.0. The number of carboxylic acid groups (broad SMARTS) is 1. The number of aliphatic carboxylic acids is 1. The quantitative estimate of drug-likeness (QED) is 0.319. The van der Waals surface area contributed by atoms with Crippen LogP contribution in [0, 0.1) is 30.6 Å². The van der Waals surface area contributed by atoms with Crippen LogP contribution in [0.3, 0.4) is 0 Å². The minimum absolute atomic E-state index is 0.0980. The summed E-state index contributed by atoms with van der Waals surface area (Å²) in [5, 5.41) is 13.1. The van der Waals surface area contributed by atoms with Crippen LogP contribution in [-0.4, -0.2) is 81.4 Å². The van der Waals surface area contributed by atoms with E-state index in [1.807, 2.05) is 61.5 Å². The van der Waals surface area contributed by atoms with Gasteiger partial charge in [0.05, 0.1) is 6.42 Å². The number of carbonyl (C=O) groups excluding carboxylic acids is 4. The van der Waals surface area contributed by atoms with Gasteiger partial charge in [0.1, 0.15) is 17.2 Å². The molecule has 6 atom stereocenters. The third kappa shape index (κ3) is 7.49. The summed E-state index contributed by atoms with van der Waals surface area (Å²) in [5.74, 6) is -4.12. The molecule has 6 rings (SSSR count). The van der Waals surface area contributed by atoms with Gasteiger partial charge in [-0.3, -0.25) is 19.2 Å². The first-order chi connectivity index (χ1) is 23.8. The van der Waals surface area contributed by atoms with E-state index < -0.39 is 40.9 Å². The number of likely N-dealkylation sites (tertiary alicyclic amines) is 1. The molecular weight excluding hydrogens is 634 g/mol. The molecule has 50 heavy (non-hydrogen) atoms. The molecule has 3 aliphatic heterocycles. The minimum Gasteiger partial charge on any atom is -0.479 e. The van der Waals surface area contributed by atoms with Crippen molar-refractivity contribution in [2.45, 2.75) is 89.8 Å². The topological polar surface area (TPSA) is 133 Å². The second-order valence-electron chi connectivity index (χ2n) is 15.6. The molecule has 2 aromatic rings. The van der Waals surface area contributed by atoms with Gasteiger partial charge >= 0.3 is 11.9 Å². The third-order valence-corrected chi connectivity index (χ3v) is 10.7. The summed E-state index contributed by atoms with van der Waals surface area (Å²) in [6.45, 7) is 8.23. The van der Waals surface area contributed by atoms with Crippen LogP contribution >= 0.6 is 0 Å². The molecule has 0 radical (unpaired) electrons. The molecule has 3 amide bonds. The molecule has 10 heteroatoms. The molecule has 2 N–H and O–H groups in total. The Morgan fingerprint density at radius 3 is 2.46 bits per heavy atom. The molecule has 2 saturated heterocycles. The molecular formula is C40H49N3O7. The zero-order chi connectivity index (χ0) is 35.8. The summed E-state index contributed by atoms with van der Waals surface area (Å²) < 4.78 is 5.60. The Hall–Kier alpha value is -4.47. The predicted molar refractivity (Wildman–Crippen MR) is 188 cm³/mol. The van der Waals surface area contributed by atoms with Gasteiger partial charge in [-0.1, -0.05) is 67.0 Å². The minimum atomic E-state index is -1.43. The normalized spacial score (nSPS) is 29.1. The third-order valence-electron chi connectivity index (χ3n) is 10.7. The van der Waals surface area contributed by atoms with E-state index in [1.54, 1.807) is 36.6 Å². The first kappa shape index (κ1) is 35.4. The molecule has 4 aliphatic rings. The van der Waals surface area contributed by atoms with Crippen LogP contribution in [0.1, 0.15) is 81.6 Å². The van der Waals surface area contributed by atoms with Crippen LogP contribution in [0.15, 0.2) is 60.7 Å². The maximum absolute atomic E-state index is 14.4. The van der Waals surface area contributed by atoms with E-state index in [1.165, 1.54) is 0 Å². The van der Waals surface area contributed by atoms with Crippen molar-refractivity contribution in [2.24, 2.45) is 23.7 Å². The number of aryl methyl sites for hydroxylation is 1. The number of fused-ring (bicyclic) bond motifs is 4. The van der Waals surface area contributed by atoms with E-state index in [9.17, 15) is 29.1 Å². The zero-order valence-electron chi connectivity index (χ0n) is 29.5. The Bertz CT molecular complexity index is 1680. The summed E-state index contributed by atoms with van der Waals surface area (Å²) in [5.41, 5.74) is 1.48. The lowest BCUT2D eigenvalue weighted by Gasteiger charge is -2.32. The second-order valence-corrected chi connectivity index (χ2v) is 15.6. The van der Waals surface area contributed by atoms with Gasteiger partial charge in [-0.05, 0) is 76.6 Å². The van der Waals surface area contributed by atoms with Crippen LogP contribution < -0.4 is 5.32 Å². The molecule has 0 spiro atoms. The van der Waals surface area contributed by atoms with E-state index in [0.717, 1.165) is 42.4 Å². The predicted octanol–water partition coefficient (Wildman–Crippen LogP) is 5.39. The fraction of sp³-hybridized carbons (Fsp3) is 0.525. The lowest BCUT2D eigenvalue weighted by Crippen LogP contribution is -2.56. The highest BCUT2D eigenvalue weighted by Crippen LogP contribution is 2.46. The molecule has 2 aromatic carbocycles. The Morgan fingerprint density at radius 1 is 0.980 bits per heavy atom. The Morgan fingerprint density at radius 2 is 1.74 bits per heavy atom. The Balaban J connectivity index is 1.27. The second kappa shape index (κ2) is 14.0. The van der Waals surface area contributed by atoms with Gasteiger partial charge in [0.2, 0.25) is 11.8 Å². The smallest absolute Gasteiger partial charge is 0.330 e. The van der Waals surface area contributed by atoms with Crippen molar-refractivity contribution in [3.05, 3.63) is 71.8 Å². The van der Waals surface area contributed by atoms with Gasteiger partial charge in [-0.15, -0.1) is 0 Å². The first-order valence-corrected chi connectivity index (χ1v) is 18.0. The summed E-state index contributed by atoms with van der Waals surface area (Å²) in [6.07, 6.45) is 7.76. The fourth-order valence-corrected chi connectivity index (χ4v) is 8.01.